The summed E-state index contributed by atoms with van der Waals surface area (Å²) in [5.41, 5.74) is 10.3. The number of carbonyl (C=O) groups excluding carboxylic acids is 3. The van der Waals surface area contributed by atoms with Gasteiger partial charge < -0.3 is 26.7 Å². The number of likely N-dealkylation sites (tertiary alicyclic amines) is 1. The number of hydrogen-bond acceptors (Lipinski definition) is 6. The molecule has 1 heterocycles. The number of likely N-dealkylation sites (N-methyl/N-ethyl adjacent to an activating group) is 1. The van der Waals surface area contributed by atoms with E-state index in [1.807, 2.05) is 11.8 Å². The predicted molar refractivity (Wildman–Crippen MR) is 82.5 cm³/mol. The lowest BCUT2D eigenvalue weighted by Crippen LogP contribution is -2.61. The van der Waals surface area contributed by atoms with Crippen molar-refractivity contribution >= 4 is 25.3 Å². The van der Waals surface area contributed by atoms with Crippen LogP contribution in [0.25, 0.3) is 0 Å². The SMILES string of the molecule is CCN1C(C(=O)NC(C(N)=O)C(C)O)CCC1([B]C=O)CN. The number of primary amides is 1. The lowest BCUT2D eigenvalue weighted by Gasteiger charge is -2.38. The summed E-state index contributed by atoms with van der Waals surface area (Å²) in [6, 6.07) is -1.67. The van der Waals surface area contributed by atoms with Crippen molar-refractivity contribution in [1.82, 2.24) is 10.2 Å². The maximum atomic E-state index is 12.4. The average molecular weight is 311 g/mol. The second-order valence-corrected chi connectivity index (χ2v) is 5.58. The van der Waals surface area contributed by atoms with Gasteiger partial charge in [-0.15, -0.1) is 0 Å². The van der Waals surface area contributed by atoms with Crippen LogP contribution in [0.3, 0.4) is 0 Å². The van der Waals surface area contributed by atoms with Gasteiger partial charge >= 0.3 is 0 Å². The largest absolute Gasteiger partial charge is 0.391 e. The molecule has 0 aromatic carbocycles. The van der Waals surface area contributed by atoms with Gasteiger partial charge in [-0.05, 0) is 26.3 Å². The van der Waals surface area contributed by atoms with Crippen molar-refractivity contribution in [2.75, 3.05) is 13.1 Å². The van der Waals surface area contributed by atoms with E-state index in [2.05, 4.69) is 5.32 Å². The number of nitrogens with one attached hydrogen (secondary N) is 1. The summed E-state index contributed by atoms with van der Waals surface area (Å²) in [5.74, 6) is -1.20. The normalized spacial score (nSPS) is 27.9. The zero-order chi connectivity index (χ0) is 16.9. The lowest BCUT2D eigenvalue weighted by atomic mass is 9.58. The molecule has 0 aliphatic carbocycles. The Morgan fingerprint density at radius 1 is 1.59 bits per heavy atom. The van der Waals surface area contributed by atoms with E-state index in [0.29, 0.717) is 25.6 Å². The fraction of sp³-hybridized carbons (Fsp3) is 0.769. The second-order valence-electron chi connectivity index (χ2n) is 5.58. The van der Waals surface area contributed by atoms with Crippen molar-refractivity contribution in [1.29, 1.82) is 0 Å². The average Bonchev–Trinajstić information content (AvgIpc) is 2.83. The molecule has 123 valence electrons. The third kappa shape index (κ3) is 3.65. The molecule has 1 radical (unpaired) electrons. The van der Waals surface area contributed by atoms with Crippen LogP contribution in [0.2, 0.25) is 0 Å². The topological polar surface area (TPSA) is 139 Å². The van der Waals surface area contributed by atoms with Gasteiger partial charge in [0.2, 0.25) is 19.1 Å². The number of amides is 2. The van der Waals surface area contributed by atoms with Crippen LogP contribution in [0, 0.1) is 0 Å². The standard InChI is InChI=1S/C13H24BN4O4/c1-3-18-9(4-5-13(18,6-15)14-7-19)12(22)17-10(8(2)20)11(16)21/h7-10,20H,3-6,15H2,1-2H3,(H2,16,21)(H,17,22). The molecule has 9 heteroatoms. The third-order valence-electron chi connectivity index (χ3n) is 4.26. The molecule has 2 amide bonds. The van der Waals surface area contributed by atoms with Gasteiger partial charge in [0.15, 0.2) is 0 Å². The Morgan fingerprint density at radius 2 is 2.23 bits per heavy atom. The molecule has 4 unspecified atom stereocenters. The minimum Gasteiger partial charge on any atom is -0.391 e. The van der Waals surface area contributed by atoms with Gasteiger partial charge in [-0.3, -0.25) is 14.5 Å². The van der Waals surface area contributed by atoms with Crippen molar-refractivity contribution in [3.63, 3.8) is 0 Å². The van der Waals surface area contributed by atoms with E-state index in [4.69, 9.17) is 11.5 Å². The minimum absolute atomic E-state index is 0.221. The van der Waals surface area contributed by atoms with Crippen LogP contribution in [0.5, 0.6) is 0 Å². The van der Waals surface area contributed by atoms with Crippen LogP contribution in [0.4, 0.5) is 0 Å². The van der Waals surface area contributed by atoms with Crippen LogP contribution < -0.4 is 16.8 Å². The maximum Gasteiger partial charge on any atom is 0.242 e. The van der Waals surface area contributed by atoms with Crippen molar-refractivity contribution in [2.24, 2.45) is 11.5 Å². The molecule has 0 saturated carbocycles. The first-order valence-electron chi connectivity index (χ1n) is 7.37. The van der Waals surface area contributed by atoms with Crippen LogP contribution in [-0.4, -0.2) is 72.0 Å². The van der Waals surface area contributed by atoms with Gasteiger partial charge in [0.1, 0.15) is 6.04 Å². The Hall–Kier alpha value is -1.45. The van der Waals surface area contributed by atoms with Crippen molar-refractivity contribution in [3.05, 3.63) is 0 Å². The predicted octanol–water partition coefficient (Wildman–Crippen LogP) is -2.63. The van der Waals surface area contributed by atoms with E-state index in [1.165, 1.54) is 14.2 Å². The first-order chi connectivity index (χ1) is 10.3. The van der Waals surface area contributed by atoms with E-state index < -0.39 is 35.4 Å². The van der Waals surface area contributed by atoms with Gasteiger partial charge in [-0.1, -0.05) is 6.92 Å². The van der Waals surface area contributed by atoms with Crippen molar-refractivity contribution in [3.8, 4) is 0 Å². The molecule has 1 aliphatic heterocycles. The molecule has 4 atom stereocenters. The van der Waals surface area contributed by atoms with Crippen LogP contribution in [-0.2, 0) is 14.4 Å². The van der Waals surface area contributed by atoms with Crippen LogP contribution in [0.15, 0.2) is 0 Å². The van der Waals surface area contributed by atoms with Crippen LogP contribution in [0.1, 0.15) is 26.7 Å². The number of rotatable bonds is 8. The summed E-state index contributed by atoms with van der Waals surface area (Å²) >= 11 is 0. The summed E-state index contributed by atoms with van der Waals surface area (Å²) in [4.78, 5) is 36.4. The molecule has 1 rings (SSSR count). The fourth-order valence-corrected chi connectivity index (χ4v) is 3.08. The quantitative estimate of drug-likeness (QED) is 0.286. The van der Waals surface area contributed by atoms with E-state index in [-0.39, 0.29) is 6.54 Å². The van der Waals surface area contributed by atoms with Gasteiger partial charge in [-0.2, -0.15) is 0 Å². The maximum absolute atomic E-state index is 12.4. The Labute approximate surface area is 130 Å². The molecule has 0 aromatic heterocycles. The Kier molecular flexibility index (Phi) is 6.52. The molecule has 8 nitrogen and oxygen atoms in total. The van der Waals surface area contributed by atoms with Gasteiger partial charge in [0.25, 0.3) is 0 Å². The molecule has 0 bridgehead atoms. The van der Waals surface area contributed by atoms with E-state index >= 15 is 0 Å². The van der Waals surface area contributed by atoms with Gasteiger partial charge in [-0.25, -0.2) is 0 Å². The van der Waals surface area contributed by atoms with Crippen molar-refractivity contribution in [2.45, 2.75) is 50.3 Å². The number of hydrogen-bond donors (Lipinski definition) is 4. The highest BCUT2D eigenvalue weighted by molar-refractivity contribution is 6.69. The smallest absolute Gasteiger partial charge is 0.242 e. The summed E-state index contributed by atoms with van der Waals surface area (Å²) in [6.45, 7) is 4.00. The molecule has 6 N–H and O–H groups in total. The number of nitrogens with two attached hydrogens (primary N) is 2. The molecule has 0 aromatic rings. The minimum atomic E-state index is -1.14. The highest BCUT2D eigenvalue weighted by Crippen LogP contribution is 2.32. The van der Waals surface area contributed by atoms with Gasteiger partial charge in [0.05, 0.1) is 18.3 Å². The second kappa shape index (κ2) is 7.71. The third-order valence-corrected chi connectivity index (χ3v) is 4.26. The summed E-state index contributed by atoms with van der Waals surface area (Å²) < 4.78 is 0. The molecule has 22 heavy (non-hydrogen) atoms. The number of aliphatic hydroxyl groups is 1. The van der Waals surface area contributed by atoms with E-state index in [1.54, 1.807) is 0 Å². The van der Waals surface area contributed by atoms with Gasteiger partial charge in [0, 0.05) is 12.0 Å². The summed E-state index contributed by atoms with van der Waals surface area (Å²) in [7, 11) is 1.48. The monoisotopic (exact) mass is 311 g/mol. The molecular formula is C13H24BN4O4. The summed E-state index contributed by atoms with van der Waals surface area (Å²) in [5, 5.41) is 12.0. The van der Waals surface area contributed by atoms with E-state index in [0.717, 1.165) is 0 Å². The molecule has 1 fully saturated rings. The van der Waals surface area contributed by atoms with Crippen molar-refractivity contribution < 1.29 is 19.5 Å². The highest BCUT2D eigenvalue weighted by Gasteiger charge is 2.47. The highest BCUT2D eigenvalue weighted by atomic mass is 16.3. The van der Waals surface area contributed by atoms with E-state index in [9.17, 15) is 19.5 Å². The Morgan fingerprint density at radius 3 is 2.64 bits per heavy atom. The Bertz CT molecular complexity index is 434. The zero-order valence-electron chi connectivity index (χ0n) is 13.0. The fourth-order valence-electron chi connectivity index (χ4n) is 3.08. The molecule has 1 saturated heterocycles. The number of nitrogens with zero attached hydrogens (tertiary/aromatic N) is 1. The Balaban J connectivity index is 2.90. The lowest BCUT2D eigenvalue weighted by molar-refractivity contribution is -0.132. The first kappa shape index (κ1) is 18.6. The molecule has 0 spiro atoms. The number of aliphatic hydroxyl groups excluding tert-OH is 1. The first-order valence-corrected chi connectivity index (χ1v) is 7.37. The molecule has 1 aliphatic rings. The van der Waals surface area contributed by atoms with Crippen LogP contribution >= 0.6 is 0 Å². The number of carbonyl (C=O) groups is 3. The molecular weight excluding hydrogens is 287 g/mol. The zero-order valence-corrected chi connectivity index (χ0v) is 13.0. The summed E-state index contributed by atoms with van der Waals surface area (Å²) in [6.07, 6.45) is 0.688.